The van der Waals surface area contributed by atoms with Crippen LogP contribution < -0.4 is 10.6 Å². The lowest BCUT2D eigenvalue weighted by Crippen LogP contribution is -2.19. The zero-order chi connectivity index (χ0) is 15.6. The fourth-order valence-corrected chi connectivity index (χ4v) is 3.12. The van der Waals surface area contributed by atoms with Gasteiger partial charge in [-0.05, 0) is 36.7 Å². The number of aromatic nitrogens is 1. The number of amides is 1. The van der Waals surface area contributed by atoms with Gasteiger partial charge in [0.1, 0.15) is 6.26 Å². The molecule has 1 amide bonds. The quantitative estimate of drug-likeness (QED) is 0.728. The normalized spacial score (nSPS) is 14.7. The van der Waals surface area contributed by atoms with Gasteiger partial charge in [-0.3, -0.25) is 4.79 Å². The van der Waals surface area contributed by atoms with Crippen molar-refractivity contribution in [1.82, 2.24) is 9.88 Å². The molecule has 116 valence electrons. The minimum Gasteiger partial charge on any atom is -0.470 e. The fourth-order valence-electron chi connectivity index (χ4n) is 3.12. The molecule has 0 bridgehead atoms. The summed E-state index contributed by atoms with van der Waals surface area (Å²) in [4.78, 5) is 10.7. The maximum Gasteiger partial charge on any atom is 0.211 e. The summed E-state index contributed by atoms with van der Waals surface area (Å²) in [5, 5.41) is 7.21. The molecule has 0 fully saturated rings. The Hall–Kier alpha value is -2.79. The number of furan rings is 1. The molecule has 0 spiro atoms. The van der Waals surface area contributed by atoms with Crippen LogP contribution in [0.3, 0.4) is 0 Å². The Bertz CT molecular complexity index is 875. The predicted molar refractivity (Wildman–Crippen MR) is 90.7 cm³/mol. The van der Waals surface area contributed by atoms with Crippen LogP contribution in [0, 0.1) is 0 Å². The van der Waals surface area contributed by atoms with Gasteiger partial charge in [-0.1, -0.05) is 6.08 Å². The molecule has 5 heteroatoms. The van der Waals surface area contributed by atoms with Crippen molar-refractivity contribution in [2.24, 2.45) is 0 Å². The number of anilines is 1. The highest BCUT2D eigenvalue weighted by Gasteiger charge is 2.15. The highest BCUT2D eigenvalue weighted by Crippen LogP contribution is 2.33. The second-order valence-corrected chi connectivity index (χ2v) is 5.57. The minimum absolute atomic E-state index is 0.706. The van der Waals surface area contributed by atoms with Crippen molar-refractivity contribution in [3.05, 3.63) is 54.6 Å². The van der Waals surface area contributed by atoms with E-state index in [4.69, 9.17) is 4.42 Å². The van der Waals surface area contributed by atoms with Gasteiger partial charge in [-0.15, -0.1) is 0 Å². The maximum absolute atomic E-state index is 10.7. The smallest absolute Gasteiger partial charge is 0.211 e. The predicted octanol–water partition coefficient (Wildman–Crippen LogP) is 3.17. The van der Waals surface area contributed by atoms with Gasteiger partial charge in [0.2, 0.25) is 6.41 Å². The summed E-state index contributed by atoms with van der Waals surface area (Å²) in [5.41, 5.74) is 5.42. The monoisotopic (exact) mass is 307 g/mol. The van der Waals surface area contributed by atoms with Crippen LogP contribution in [0.4, 0.5) is 5.69 Å². The number of nitrogens with zero attached hydrogens (tertiary/aromatic N) is 1. The second kappa shape index (κ2) is 5.78. The van der Waals surface area contributed by atoms with Crippen molar-refractivity contribution in [2.45, 2.75) is 6.42 Å². The number of carbonyl (C=O) groups excluding carboxylic acids is 1. The first kappa shape index (κ1) is 13.8. The Balaban J connectivity index is 1.94. The first-order valence-electron chi connectivity index (χ1n) is 7.65. The van der Waals surface area contributed by atoms with E-state index in [-0.39, 0.29) is 0 Å². The van der Waals surface area contributed by atoms with Crippen molar-refractivity contribution in [3.63, 3.8) is 0 Å². The molecule has 1 aromatic carbocycles. The summed E-state index contributed by atoms with van der Waals surface area (Å²) < 4.78 is 7.36. The molecule has 0 unspecified atom stereocenters. The molecule has 2 aromatic heterocycles. The molecule has 2 N–H and O–H groups in total. The van der Waals surface area contributed by atoms with E-state index in [1.165, 1.54) is 11.1 Å². The fraction of sp³-hybridized carbons (Fsp3) is 0.167. The number of benzene rings is 1. The summed E-state index contributed by atoms with van der Waals surface area (Å²) >= 11 is 0. The Kier molecular flexibility index (Phi) is 3.48. The van der Waals surface area contributed by atoms with E-state index < -0.39 is 0 Å². The molecule has 3 heterocycles. The Morgan fingerprint density at radius 1 is 1.30 bits per heavy atom. The zero-order valence-corrected chi connectivity index (χ0v) is 12.6. The van der Waals surface area contributed by atoms with E-state index in [1.807, 2.05) is 24.3 Å². The summed E-state index contributed by atoms with van der Waals surface area (Å²) in [5.74, 6) is 0. The molecule has 0 aliphatic carbocycles. The number of hydrogen-bond acceptors (Lipinski definition) is 3. The first-order valence-corrected chi connectivity index (χ1v) is 7.65. The van der Waals surface area contributed by atoms with Crippen molar-refractivity contribution in [1.29, 1.82) is 0 Å². The highest BCUT2D eigenvalue weighted by molar-refractivity contribution is 5.97. The van der Waals surface area contributed by atoms with Crippen LogP contribution in [-0.4, -0.2) is 24.1 Å². The maximum atomic E-state index is 10.7. The number of fused-ring (bicyclic) bond motifs is 1. The summed E-state index contributed by atoms with van der Waals surface area (Å²) in [6.45, 7) is 1.87. The molecule has 1 aliphatic heterocycles. The van der Waals surface area contributed by atoms with Gasteiger partial charge in [0.15, 0.2) is 0 Å². The van der Waals surface area contributed by atoms with Gasteiger partial charge in [0.05, 0.1) is 17.5 Å². The van der Waals surface area contributed by atoms with Crippen LogP contribution in [0.2, 0.25) is 0 Å². The van der Waals surface area contributed by atoms with E-state index >= 15 is 0 Å². The van der Waals surface area contributed by atoms with Crippen LogP contribution in [0.5, 0.6) is 0 Å². The molecule has 4 rings (SSSR count). The van der Waals surface area contributed by atoms with E-state index in [2.05, 4.69) is 27.5 Å². The van der Waals surface area contributed by atoms with Crippen LogP contribution in [-0.2, 0) is 4.79 Å². The van der Waals surface area contributed by atoms with Crippen molar-refractivity contribution in [3.8, 4) is 5.69 Å². The van der Waals surface area contributed by atoms with Gasteiger partial charge < -0.3 is 19.6 Å². The second-order valence-electron chi connectivity index (χ2n) is 5.57. The van der Waals surface area contributed by atoms with E-state index in [1.54, 1.807) is 12.5 Å². The third-order valence-corrected chi connectivity index (χ3v) is 4.22. The number of carbonyl (C=O) groups is 1. The van der Waals surface area contributed by atoms with Gasteiger partial charge in [0.25, 0.3) is 0 Å². The van der Waals surface area contributed by atoms with E-state index in [0.717, 1.165) is 41.8 Å². The molecular weight excluding hydrogens is 290 g/mol. The van der Waals surface area contributed by atoms with Crippen molar-refractivity contribution in [2.75, 3.05) is 18.4 Å². The molecule has 1 aliphatic rings. The van der Waals surface area contributed by atoms with Crippen molar-refractivity contribution >= 4 is 28.6 Å². The molecule has 5 nitrogen and oxygen atoms in total. The minimum atomic E-state index is 0.706. The van der Waals surface area contributed by atoms with Crippen LogP contribution in [0.1, 0.15) is 12.0 Å². The first-order chi connectivity index (χ1) is 11.4. The van der Waals surface area contributed by atoms with Crippen LogP contribution in [0.15, 0.2) is 53.5 Å². The molecule has 0 saturated carbocycles. The Morgan fingerprint density at radius 3 is 3.00 bits per heavy atom. The summed E-state index contributed by atoms with van der Waals surface area (Å²) in [7, 11) is 0. The average Bonchev–Trinajstić information content (AvgIpc) is 3.23. The Morgan fingerprint density at radius 2 is 2.26 bits per heavy atom. The van der Waals surface area contributed by atoms with Gasteiger partial charge in [-0.2, -0.15) is 0 Å². The SMILES string of the molecule is O=CNc1ccc2c(c1)c(C1=CCNCC1)cn2-c1ccoc1. The molecule has 0 saturated heterocycles. The van der Waals surface area contributed by atoms with Crippen LogP contribution in [0.25, 0.3) is 22.2 Å². The van der Waals surface area contributed by atoms with Gasteiger partial charge in [-0.25, -0.2) is 0 Å². The van der Waals surface area contributed by atoms with Gasteiger partial charge >= 0.3 is 0 Å². The van der Waals surface area contributed by atoms with E-state index in [0.29, 0.717) is 6.41 Å². The van der Waals surface area contributed by atoms with E-state index in [9.17, 15) is 4.79 Å². The average molecular weight is 307 g/mol. The molecule has 3 aromatic rings. The zero-order valence-electron chi connectivity index (χ0n) is 12.6. The number of rotatable bonds is 4. The lowest BCUT2D eigenvalue weighted by molar-refractivity contribution is -0.105. The Labute approximate surface area is 133 Å². The number of nitrogens with one attached hydrogen (secondary N) is 2. The number of hydrogen-bond donors (Lipinski definition) is 2. The van der Waals surface area contributed by atoms with Crippen LogP contribution >= 0.6 is 0 Å². The third kappa shape index (κ3) is 2.45. The lowest BCUT2D eigenvalue weighted by Gasteiger charge is -2.13. The molecular formula is C18H17N3O2. The third-order valence-electron chi connectivity index (χ3n) is 4.22. The largest absolute Gasteiger partial charge is 0.470 e. The topological polar surface area (TPSA) is 59.2 Å². The lowest BCUT2D eigenvalue weighted by atomic mass is 9.99. The summed E-state index contributed by atoms with van der Waals surface area (Å²) in [6, 6.07) is 7.91. The van der Waals surface area contributed by atoms with Gasteiger partial charge in [0, 0.05) is 35.4 Å². The van der Waals surface area contributed by atoms with Crippen molar-refractivity contribution < 1.29 is 9.21 Å². The molecule has 0 radical (unpaired) electrons. The summed E-state index contributed by atoms with van der Waals surface area (Å²) in [6.07, 6.45) is 9.49. The standard InChI is InChI=1S/C18H17N3O2/c22-12-20-14-1-2-18-16(9-14)17(13-3-6-19-7-4-13)10-21(18)15-5-8-23-11-15/h1-3,5,8-12,19H,4,6-7H2,(H,20,22). The molecule has 23 heavy (non-hydrogen) atoms. The highest BCUT2D eigenvalue weighted by atomic mass is 16.3. The molecule has 0 atom stereocenters.